The molecule has 1 aliphatic heterocycles. The molecule has 0 spiro atoms. The summed E-state index contributed by atoms with van der Waals surface area (Å²) in [5.41, 5.74) is -0.639. The van der Waals surface area contributed by atoms with Crippen molar-refractivity contribution < 1.29 is 17.7 Å². The van der Waals surface area contributed by atoms with E-state index in [1.54, 1.807) is 0 Å². The summed E-state index contributed by atoms with van der Waals surface area (Å²) in [5, 5.41) is 10.8. The van der Waals surface area contributed by atoms with Crippen molar-refractivity contribution in [1.82, 2.24) is 4.31 Å². The largest absolute Gasteiger partial charge is 0.306 e. The van der Waals surface area contributed by atoms with Crippen molar-refractivity contribution >= 4 is 15.7 Å². The summed E-state index contributed by atoms with van der Waals surface area (Å²) in [7, 11) is -3.85. The lowest BCUT2D eigenvalue weighted by atomic mass is 10.1. The summed E-state index contributed by atoms with van der Waals surface area (Å²) < 4.78 is 40.3. The van der Waals surface area contributed by atoms with Crippen molar-refractivity contribution in [3.8, 4) is 0 Å². The third-order valence-electron chi connectivity index (χ3n) is 3.77. The molecule has 116 valence electrons. The standard InChI is InChI=1S/C13H17FN2O4S/c1-9-7-11(14)12(16(17)18)8-13(9)21(19,20)15-6-4-3-5-10(15)2/h7-8,10H,3-6H2,1-2H3. The Kier molecular flexibility index (Phi) is 4.29. The molecule has 1 fully saturated rings. The number of nitro benzene ring substituents is 1. The first-order valence-corrected chi connectivity index (χ1v) is 8.15. The summed E-state index contributed by atoms with van der Waals surface area (Å²) in [6, 6.07) is 1.56. The Hall–Kier alpha value is -1.54. The van der Waals surface area contributed by atoms with E-state index in [0.29, 0.717) is 6.54 Å². The van der Waals surface area contributed by atoms with Crippen LogP contribution >= 0.6 is 0 Å². The van der Waals surface area contributed by atoms with Crippen LogP contribution in [-0.4, -0.2) is 30.2 Å². The van der Waals surface area contributed by atoms with Gasteiger partial charge < -0.3 is 0 Å². The van der Waals surface area contributed by atoms with Crippen LogP contribution in [-0.2, 0) is 10.0 Å². The zero-order valence-electron chi connectivity index (χ0n) is 11.9. The van der Waals surface area contributed by atoms with E-state index in [2.05, 4.69) is 0 Å². The summed E-state index contributed by atoms with van der Waals surface area (Å²) in [5.74, 6) is -1.02. The van der Waals surface area contributed by atoms with Gasteiger partial charge in [0, 0.05) is 18.7 Å². The Morgan fingerprint density at radius 1 is 1.38 bits per heavy atom. The SMILES string of the molecule is Cc1cc(F)c([N+](=O)[O-])cc1S(=O)(=O)N1CCCCC1C. The lowest BCUT2D eigenvalue weighted by molar-refractivity contribution is -0.387. The molecule has 1 aromatic carbocycles. The van der Waals surface area contributed by atoms with E-state index in [1.165, 1.54) is 11.2 Å². The Morgan fingerprint density at radius 2 is 2.05 bits per heavy atom. The van der Waals surface area contributed by atoms with Gasteiger partial charge in [-0.15, -0.1) is 0 Å². The zero-order valence-corrected chi connectivity index (χ0v) is 12.7. The van der Waals surface area contributed by atoms with E-state index in [0.717, 1.165) is 31.4 Å². The average Bonchev–Trinajstić information content (AvgIpc) is 2.38. The topological polar surface area (TPSA) is 80.5 Å². The normalized spacial score (nSPS) is 20.4. The van der Waals surface area contributed by atoms with Crippen molar-refractivity contribution in [3.05, 3.63) is 33.6 Å². The molecule has 1 aromatic rings. The van der Waals surface area contributed by atoms with Gasteiger partial charge in [0.25, 0.3) is 0 Å². The van der Waals surface area contributed by atoms with Gasteiger partial charge >= 0.3 is 5.69 Å². The Labute approximate surface area is 122 Å². The van der Waals surface area contributed by atoms with E-state index >= 15 is 0 Å². The minimum atomic E-state index is -3.85. The molecule has 1 unspecified atom stereocenters. The number of nitrogens with zero attached hydrogens (tertiary/aromatic N) is 2. The monoisotopic (exact) mass is 316 g/mol. The van der Waals surface area contributed by atoms with Crippen LogP contribution in [0, 0.1) is 22.9 Å². The van der Waals surface area contributed by atoms with Crippen molar-refractivity contribution in [2.75, 3.05) is 6.54 Å². The highest BCUT2D eigenvalue weighted by atomic mass is 32.2. The molecule has 1 aliphatic rings. The van der Waals surface area contributed by atoms with Gasteiger partial charge in [-0.2, -0.15) is 8.70 Å². The maximum Gasteiger partial charge on any atom is 0.306 e. The highest BCUT2D eigenvalue weighted by molar-refractivity contribution is 7.89. The van der Waals surface area contributed by atoms with Crippen LogP contribution in [0.3, 0.4) is 0 Å². The number of aryl methyl sites for hydroxylation is 1. The highest BCUT2D eigenvalue weighted by Gasteiger charge is 2.33. The van der Waals surface area contributed by atoms with Crippen molar-refractivity contribution in [3.63, 3.8) is 0 Å². The average molecular weight is 316 g/mol. The molecule has 1 saturated heterocycles. The molecule has 0 aromatic heterocycles. The summed E-state index contributed by atoms with van der Waals surface area (Å²) in [6.07, 6.45) is 2.46. The van der Waals surface area contributed by atoms with E-state index < -0.39 is 26.5 Å². The molecule has 21 heavy (non-hydrogen) atoms. The molecule has 2 rings (SSSR count). The first-order valence-electron chi connectivity index (χ1n) is 6.71. The van der Waals surface area contributed by atoms with Crippen molar-refractivity contribution in [2.45, 2.75) is 44.0 Å². The second kappa shape index (κ2) is 5.69. The van der Waals surface area contributed by atoms with Crippen molar-refractivity contribution in [2.24, 2.45) is 0 Å². The number of nitro groups is 1. The molecule has 0 aliphatic carbocycles. The number of benzene rings is 1. The summed E-state index contributed by atoms with van der Waals surface area (Å²) in [4.78, 5) is 9.71. The third kappa shape index (κ3) is 2.91. The summed E-state index contributed by atoms with van der Waals surface area (Å²) >= 11 is 0. The van der Waals surface area contributed by atoms with E-state index in [-0.39, 0.29) is 16.5 Å². The predicted octanol–water partition coefficient (Wildman–Crippen LogP) is 2.61. The first kappa shape index (κ1) is 15.8. The Balaban J connectivity index is 2.54. The molecule has 6 nitrogen and oxygen atoms in total. The van der Waals surface area contributed by atoms with Gasteiger partial charge in [0.05, 0.1) is 9.82 Å². The first-order chi connectivity index (χ1) is 9.75. The van der Waals surface area contributed by atoms with Crippen molar-refractivity contribution in [1.29, 1.82) is 0 Å². The molecule has 1 atom stereocenters. The van der Waals surface area contributed by atoms with E-state index in [9.17, 15) is 22.9 Å². The highest BCUT2D eigenvalue weighted by Crippen LogP contribution is 2.30. The lowest BCUT2D eigenvalue weighted by Gasteiger charge is -2.32. The maximum absolute atomic E-state index is 13.5. The molecule has 0 saturated carbocycles. The fourth-order valence-electron chi connectivity index (χ4n) is 2.62. The lowest BCUT2D eigenvalue weighted by Crippen LogP contribution is -2.42. The van der Waals surface area contributed by atoms with Crippen LogP contribution in [0.2, 0.25) is 0 Å². The molecule has 0 bridgehead atoms. The smallest absolute Gasteiger partial charge is 0.258 e. The summed E-state index contributed by atoms with van der Waals surface area (Å²) in [6.45, 7) is 3.63. The van der Waals surface area contributed by atoms with E-state index in [4.69, 9.17) is 0 Å². The molecular formula is C13H17FN2O4S. The minimum Gasteiger partial charge on any atom is -0.258 e. The van der Waals surface area contributed by atoms with Gasteiger partial charge in [0.2, 0.25) is 15.8 Å². The number of hydrogen-bond acceptors (Lipinski definition) is 4. The van der Waals surface area contributed by atoms with E-state index in [1.807, 2.05) is 6.92 Å². The van der Waals surface area contributed by atoms with Crippen LogP contribution in [0.25, 0.3) is 0 Å². The van der Waals surface area contributed by atoms with Crippen LogP contribution < -0.4 is 0 Å². The fourth-order valence-corrected chi connectivity index (χ4v) is 4.54. The second-order valence-electron chi connectivity index (χ2n) is 5.29. The number of halogens is 1. The molecule has 8 heteroatoms. The quantitative estimate of drug-likeness (QED) is 0.634. The molecule has 0 radical (unpaired) electrons. The van der Waals surface area contributed by atoms with Gasteiger partial charge in [0.15, 0.2) is 0 Å². The maximum atomic E-state index is 13.5. The minimum absolute atomic E-state index is 0.160. The van der Waals surface area contributed by atoms with Gasteiger partial charge in [0.1, 0.15) is 0 Å². The van der Waals surface area contributed by atoms with Crippen LogP contribution in [0.4, 0.5) is 10.1 Å². The molecule has 0 N–H and O–H groups in total. The van der Waals surface area contributed by atoms with Gasteiger partial charge in [-0.3, -0.25) is 10.1 Å². The van der Waals surface area contributed by atoms with Gasteiger partial charge in [-0.05, 0) is 38.3 Å². The Morgan fingerprint density at radius 3 is 2.62 bits per heavy atom. The van der Waals surface area contributed by atoms with Gasteiger partial charge in [-0.1, -0.05) is 6.42 Å². The van der Waals surface area contributed by atoms with Crippen LogP contribution in [0.15, 0.2) is 17.0 Å². The van der Waals surface area contributed by atoms with Gasteiger partial charge in [-0.25, -0.2) is 8.42 Å². The molecule has 0 amide bonds. The number of sulfonamides is 1. The Bertz CT molecular complexity index is 675. The van der Waals surface area contributed by atoms with Crippen LogP contribution in [0.1, 0.15) is 31.7 Å². The number of hydrogen-bond donors (Lipinski definition) is 0. The van der Waals surface area contributed by atoms with Crippen LogP contribution in [0.5, 0.6) is 0 Å². The number of piperidine rings is 1. The second-order valence-corrected chi connectivity index (χ2v) is 7.15. The fraction of sp³-hybridized carbons (Fsp3) is 0.538. The molecular weight excluding hydrogens is 299 g/mol. The number of rotatable bonds is 3. The predicted molar refractivity (Wildman–Crippen MR) is 75.0 cm³/mol. The third-order valence-corrected chi connectivity index (χ3v) is 5.93. The molecule has 1 heterocycles. The zero-order chi connectivity index (χ0) is 15.8.